The SMILES string of the molecule is CCCCN(C)C(=O)c1cc(NCCc2ccccc2F)ncn1. The molecule has 0 spiro atoms. The Morgan fingerprint density at radius 1 is 1.29 bits per heavy atom. The lowest BCUT2D eigenvalue weighted by atomic mass is 10.1. The molecule has 0 fully saturated rings. The van der Waals surface area contributed by atoms with Crippen LogP contribution in [0.4, 0.5) is 10.2 Å². The summed E-state index contributed by atoms with van der Waals surface area (Å²) in [6, 6.07) is 8.32. The Morgan fingerprint density at radius 3 is 2.83 bits per heavy atom. The molecule has 5 nitrogen and oxygen atoms in total. The Balaban J connectivity index is 1.93. The fraction of sp³-hybridized carbons (Fsp3) is 0.389. The third-order valence-electron chi connectivity index (χ3n) is 3.74. The molecule has 128 valence electrons. The summed E-state index contributed by atoms with van der Waals surface area (Å²) in [5.74, 6) is 0.229. The van der Waals surface area contributed by atoms with Crippen molar-refractivity contribution in [3.63, 3.8) is 0 Å². The maximum Gasteiger partial charge on any atom is 0.272 e. The number of nitrogens with zero attached hydrogens (tertiary/aromatic N) is 3. The molecule has 1 N–H and O–H groups in total. The van der Waals surface area contributed by atoms with E-state index in [0.29, 0.717) is 36.6 Å². The van der Waals surface area contributed by atoms with Crippen molar-refractivity contribution in [2.45, 2.75) is 26.2 Å². The molecule has 0 radical (unpaired) electrons. The second-order valence-electron chi connectivity index (χ2n) is 5.64. The molecule has 0 unspecified atom stereocenters. The van der Waals surface area contributed by atoms with Gasteiger partial charge in [-0.25, -0.2) is 14.4 Å². The van der Waals surface area contributed by atoms with Crippen molar-refractivity contribution < 1.29 is 9.18 Å². The smallest absolute Gasteiger partial charge is 0.272 e. The van der Waals surface area contributed by atoms with Crippen LogP contribution in [-0.2, 0) is 6.42 Å². The molecular weight excluding hydrogens is 307 g/mol. The summed E-state index contributed by atoms with van der Waals surface area (Å²) in [6.45, 7) is 3.31. The zero-order chi connectivity index (χ0) is 17.4. The van der Waals surface area contributed by atoms with Gasteiger partial charge in [0.1, 0.15) is 23.7 Å². The van der Waals surface area contributed by atoms with Gasteiger partial charge in [0.15, 0.2) is 0 Å². The summed E-state index contributed by atoms with van der Waals surface area (Å²) in [5.41, 5.74) is 1.01. The summed E-state index contributed by atoms with van der Waals surface area (Å²) in [6.07, 6.45) is 3.90. The molecule has 0 aliphatic heterocycles. The zero-order valence-corrected chi connectivity index (χ0v) is 14.1. The van der Waals surface area contributed by atoms with E-state index in [9.17, 15) is 9.18 Å². The van der Waals surface area contributed by atoms with Gasteiger partial charge in [0, 0.05) is 26.2 Å². The van der Waals surface area contributed by atoms with E-state index in [-0.39, 0.29) is 11.7 Å². The van der Waals surface area contributed by atoms with Crippen molar-refractivity contribution in [1.29, 1.82) is 0 Å². The first-order chi connectivity index (χ1) is 11.6. The number of carbonyl (C=O) groups is 1. The molecule has 0 saturated carbocycles. The van der Waals surface area contributed by atoms with Crippen molar-refractivity contribution in [3.05, 3.63) is 53.7 Å². The predicted molar refractivity (Wildman–Crippen MR) is 92.5 cm³/mol. The van der Waals surface area contributed by atoms with E-state index in [1.54, 1.807) is 30.1 Å². The van der Waals surface area contributed by atoms with Crippen LogP contribution in [-0.4, -0.2) is 40.9 Å². The van der Waals surface area contributed by atoms with E-state index in [1.807, 2.05) is 6.07 Å². The van der Waals surface area contributed by atoms with Crippen LogP contribution < -0.4 is 5.32 Å². The number of rotatable bonds is 8. The Morgan fingerprint density at radius 2 is 2.08 bits per heavy atom. The molecule has 0 atom stereocenters. The van der Waals surface area contributed by atoms with Crippen molar-refractivity contribution in [3.8, 4) is 0 Å². The lowest BCUT2D eigenvalue weighted by Gasteiger charge is -2.16. The Labute approximate surface area is 141 Å². The topological polar surface area (TPSA) is 58.1 Å². The molecule has 0 bridgehead atoms. The summed E-state index contributed by atoms with van der Waals surface area (Å²) >= 11 is 0. The van der Waals surface area contributed by atoms with Gasteiger partial charge in [-0.2, -0.15) is 0 Å². The summed E-state index contributed by atoms with van der Waals surface area (Å²) < 4.78 is 13.6. The van der Waals surface area contributed by atoms with Crippen LogP contribution in [0.1, 0.15) is 35.8 Å². The average molecular weight is 330 g/mol. The van der Waals surface area contributed by atoms with E-state index in [2.05, 4.69) is 22.2 Å². The van der Waals surface area contributed by atoms with Crippen molar-refractivity contribution in [2.24, 2.45) is 0 Å². The summed E-state index contributed by atoms with van der Waals surface area (Å²) in [7, 11) is 1.77. The number of carbonyl (C=O) groups excluding carboxylic acids is 1. The minimum Gasteiger partial charge on any atom is -0.370 e. The number of unbranched alkanes of at least 4 members (excludes halogenated alkanes) is 1. The summed E-state index contributed by atoms with van der Waals surface area (Å²) in [4.78, 5) is 22.1. The number of benzene rings is 1. The molecule has 1 heterocycles. The van der Waals surface area contributed by atoms with Gasteiger partial charge in [-0.3, -0.25) is 4.79 Å². The standard InChI is InChI=1S/C18H23FN4O/c1-3-4-11-23(2)18(24)16-12-17(22-13-21-16)20-10-9-14-7-5-6-8-15(14)19/h5-8,12-13H,3-4,9-11H2,1-2H3,(H,20,21,22). The van der Waals surface area contributed by atoms with E-state index >= 15 is 0 Å². The Bertz CT molecular complexity index is 678. The van der Waals surface area contributed by atoms with Gasteiger partial charge in [0.25, 0.3) is 5.91 Å². The number of hydrogen-bond donors (Lipinski definition) is 1. The van der Waals surface area contributed by atoms with E-state index in [4.69, 9.17) is 0 Å². The van der Waals surface area contributed by atoms with Crippen LogP contribution in [0.3, 0.4) is 0 Å². The number of aromatic nitrogens is 2. The lowest BCUT2D eigenvalue weighted by molar-refractivity contribution is 0.0787. The normalized spacial score (nSPS) is 10.5. The van der Waals surface area contributed by atoms with Crippen LogP contribution >= 0.6 is 0 Å². The maximum atomic E-state index is 13.6. The van der Waals surface area contributed by atoms with Crippen LogP contribution in [0, 0.1) is 5.82 Å². The third kappa shape index (κ3) is 5.01. The summed E-state index contributed by atoms with van der Waals surface area (Å²) in [5, 5.41) is 3.11. The molecule has 0 aliphatic carbocycles. The second kappa shape index (κ2) is 8.96. The Hall–Kier alpha value is -2.50. The minimum absolute atomic E-state index is 0.122. The maximum absolute atomic E-state index is 13.6. The molecule has 2 rings (SSSR count). The highest BCUT2D eigenvalue weighted by Crippen LogP contribution is 2.10. The number of hydrogen-bond acceptors (Lipinski definition) is 4. The molecule has 1 amide bonds. The van der Waals surface area contributed by atoms with Gasteiger partial charge in [-0.15, -0.1) is 0 Å². The second-order valence-corrected chi connectivity index (χ2v) is 5.64. The number of halogens is 1. The Kier molecular flexibility index (Phi) is 6.66. The molecular formula is C18H23FN4O. The van der Waals surface area contributed by atoms with Crippen molar-refractivity contribution >= 4 is 11.7 Å². The molecule has 2 aromatic rings. The highest BCUT2D eigenvalue weighted by Gasteiger charge is 2.13. The number of nitrogens with one attached hydrogen (secondary N) is 1. The molecule has 1 aromatic heterocycles. The van der Waals surface area contributed by atoms with Gasteiger partial charge in [-0.1, -0.05) is 31.5 Å². The first-order valence-corrected chi connectivity index (χ1v) is 8.16. The van der Waals surface area contributed by atoms with E-state index in [1.165, 1.54) is 12.4 Å². The molecule has 6 heteroatoms. The van der Waals surface area contributed by atoms with E-state index in [0.717, 1.165) is 12.8 Å². The first kappa shape index (κ1) is 17.8. The zero-order valence-electron chi connectivity index (χ0n) is 14.1. The first-order valence-electron chi connectivity index (χ1n) is 8.16. The van der Waals surface area contributed by atoms with Gasteiger partial charge in [-0.05, 0) is 24.5 Å². The third-order valence-corrected chi connectivity index (χ3v) is 3.74. The molecule has 0 saturated heterocycles. The number of amides is 1. The quantitative estimate of drug-likeness (QED) is 0.808. The van der Waals surface area contributed by atoms with Gasteiger partial charge in [0.05, 0.1) is 0 Å². The minimum atomic E-state index is -0.213. The predicted octanol–water partition coefficient (Wildman–Crippen LogP) is 3.14. The number of anilines is 1. The van der Waals surface area contributed by atoms with Crippen LogP contribution in [0.15, 0.2) is 36.7 Å². The van der Waals surface area contributed by atoms with Gasteiger partial charge in [0.2, 0.25) is 0 Å². The van der Waals surface area contributed by atoms with Gasteiger partial charge >= 0.3 is 0 Å². The fourth-order valence-electron chi connectivity index (χ4n) is 2.29. The largest absolute Gasteiger partial charge is 0.370 e. The van der Waals surface area contributed by atoms with Crippen LogP contribution in [0.5, 0.6) is 0 Å². The fourth-order valence-corrected chi connectivity index (χ4v) is 2.29. The molecule has 1 aromatic carbocycles. The average Bonchev–Trinajstić information content (AvgIpc) is 2.61. The van der Waals surface area contributed by atoms with Crippen molar-refractivity contribution in [1.82, 2.24) is 14.9 Å². The van der Waals surface area contributed by atoms with Crippen LogP contribution in [0.2, 0.25) is 0 Å². The van der Waals surface area contributed by atoms with Crippen molar-refractivity contribution in [2.75, 3.05) is 25.5 Å². The highest BCUT2D eigenvalue weighted by atomic mass is 19.1. The van der Waals surface area contributed by atoms with Gasteiger partial charge < -0.3 is 10.2 Å². The molecule has 24 heavy (non-hydrogen) atoms. The van der Waals surface area contributed by atoms with Crippen LogP contribution in [0.25, 0.3) is 0 Å². The monoisotopic (exact) mass is 330 g/mol. The highest BCUT2D eigenvalue weighted by molar-refractivity contribution is 5.92. The lowest BCUT2D eigenvalue weighted by Crippen LogP contribution is -2.28. The van der Waals surface area contributed by atoms with E-state index < -0.39 is 0 Å². The molecule has 0 aliphatic rings.